The molecule has 0 radical (unpaired) electrons. The van der Waals surface area contributed by atoms with E-state index >= 15 is 0 Å². The van der Waals surface area contributed by atoms with Crippen LogP contribution in [0.25, 0.3) is 0 Å². The molecule has 0 aliphatic heterocycles. The van der Waals surface area contributed by atoms with Crippen LogP contribution < -0.4 is 10.5 Å². The van der Waals surface area contributed by atoms with Gasteiger partial charge in [-0.25, -0.2) is 0 Å². The quantitative estimate of drug-likeness (QED) is 0.742. The highest BCUT2D eigenvalue weighted by Crippen LogP contribution is 2.21. The molecule has 0 saturated carbocycles. The van der Waals surface area contributed by atoms with Crippen LogP contribution in [0.2, 0.25) is 0 Å². The molecule has 0 aliphatic carbocycles. The van der Waals surface area contributed by atoms with Crippen molar-refractivity contribution in [1.82, 2.24) is 0 Å². The molecule has 1 rings (SSSR count). The third-order valence-corrected chi connectivity index (χ3v) is 2.08. The van der Waals surface area contributed by atoms with Crippen molar-refractivity contribution in [2.45, 2.75) is 19.9 Å². The Morgan fingerprint density at radius 2 is 2.29 bits per heavy atom. The zero-order valence-corrected chi connectivity index (χ0v) is 8.79. The van der Waals surface area contributed by atoms with Crippen molar-refractivity contribution >= 4 is 0 Å². The van der Waals surface area contributed by atoms with E-state index in [9.17, 15) is 0 Å². The number of aryl methyl sites for hydroxylation is 1. The minimum Gasteiger partial charge on any atom is -0.489 e. The Labute approximate surface area is 85.4 Å². The molecule has 0 aliphatic rings. The summed E-state index contributed by atoms with van der Waals surface area (Å²) in [6.45, 7) is 8.14. The molecule has 0 unspecified atom stereocenters. The Bertz CT molecular complexity index is 318. The van der Waals surface area contributed by atoms with Crippen LogP contribution in [-0.4, -0.2) is 6.61 Å². The van der Waals surface area contributed by atoms with Crippen molar-refractivity contribution in [2.24, 2.45) is 5.73 Å². The van der Waals surface area contributed by atoms with Crippen molar-refractivity contribution in [3.8, 4) is 5.75 Å². The molecule has 0 fully saturated rings. The topological polar surface area (TPSA) is 35.2 Å². The Morgan fingerprint density at radius 3 is 2.79 bits per heavy atom. The molecule has 2 N–H and O–H groups in total. The molecule has 1 aromatic rings. The smallest absolute Gasteiger partial charge is 0.122 e. The fourth-order valence-corrected chi connectivity index (χ4v) is 1.27. The summed E-state index contributed by atoms with van der Waals surface area (Å²) in [4.78, 5) is 0. The summed E-state index contributed by atoms with van der Waals surface area (Å²) in [5.74, 6) is 0.898. The summed E-state index contributed by atoms with van der Waals surface area (Å²) in [5.41, 5.74) is 8.02. The standard InChI is InChI=1S/C12H17NO/c1-4-7-14-12-6-5-11(10(3)13)8-9(12)2/h4-6,8,10H,1,7,13H2,2-3H3/t10-/m0/s1. The number of hydrogen-bond donors (Lipinski definition) is 1. The molecule has 0 saturated heterocycles. The Balaban J connectivity index is 2.84. The summed E-state index contributed by atoms with van der Waals surface area (Å²) < 4.78 is 5.46. The van der Waals surface area contributed by atoms with Crippen LogP contribution in [0.15, 0.2) is 30.9 Å². The molecule has 76 valence electrons. The van der Waals surface area contributed by atoms with E-state index in [1.165, 1.54) is 0 Å². The minimum absolute atomic E-state index is 0.0714. The Morgan fingerprint density at radius 1 is 1.57 bits per heavy atom. The molecular weight excluding hydrogens is 174 g/mol. The predicted molar refractivity (Wildman–Crippen MR) is 59.5 cm³/mol. The lowest BCUT2D eigenvalue weighted by Crippen LogP contribution is -2.05. The Hall–Kier alpha value is -1.28. The van der Waals surface area contributed by atoms with Crippen LogP contribution in [0, 0.1) is 6.92 Å². The molecule has 1 atom stereocenters. The van der Waals surface area contributed by atoms with E-state index in [1.807, 2.05) is 26.0 Å². The van der Waals surface area contributed by atoms with Crippen molar-refractivity contribution < 1.29 is 4.74 Å². The maximum Gasteiger partial charge on any atom is 0.122 e. The second-order valence-corrected chi connectivity index (χ2v) is 3.41. The SMILES string of the molecule is C=CCOc1ccc([C@H](C)N)cc1C. The van der Waals surface area contributed by atoms with Crippen LogP contribution in [-0.2, 0) is 0 Å². The highest BCUT2D eigenvalue weighted by Gasteiger charge is 2.03. The molecule has 2 heteroatoms. The van der Waals surface area contributed by atoms with E-state index in [4.69, 9.17) is 10.5 Å². The predicted octanol–water partition coefficient (Wildman–Crippen LogP) is 2.58. The van der Waals surface area contributed by atoms with E-state index in [0.717, 1.165) is 16.9 Å². The van der Waals surface area contributed by atoms with Gasteiger partial charge in [0.15, 0.2) is 0 Å². The van der Waals surface area contributed by atoms with Gasteiger partial charge in [-0.15, -0.1) is 0 Å². The number of nitrogens with two attached hydrogens (primary N) is 1. The molecule has 14 heavy (non-hydrogen) atoms. The van der Waals surface area contributed by atoms with Crippen LogP contribution >= 0.6 is 0 Å². The van der Waals surface area contributed by atoms with Crippen LogP contribution in [0.5, 0.6) is 5.75 Å². The maximum atomic E-state index is 5.78. The average Bonchev–Trinajstić information content (AvgIpc) is 2.15. The van der Waals surface area contributed by atoms with Crippen molar-refractivity contribution in [1.29, 1.82) is 0 Å². The molecule has 0 aromatic heterocycles. The molecule has 1 aromatic carbocycles. The fraction of sp³-hybridized carbons (Fsp3) is 0.333. The normalized spacial score (nSPS) is 12.2. The van der Waals surface area contributed by atoms with Gasteiger partial charge in [0.25, 0.3) is 0 Å². The van der Waals surface area contributed by atoms with Gasteiger partial charge in [0.2, 0.25) is 0 Å². The van der Waals surface area contributed by atoms with Crippen LogP contribution in [0.1, 0.15) is 24.1 Å². The molecule has 2 nitrogen and oxygen atoms in total. The fourth-order valence-electron chi connectivity index (χ4n) is 1.27. The first kappa shape index (κ1) is 10.8. The van der Waals surface area contributed by atoms with Crippen molar-refractivity contribution in [3.05, 3.63) is 42.0 Å². The van der Waals surface area contributed by atoms with Crippen molar-refractivity contribution in [3.63, 3.8) is 0 Å². The highest BCUT2D eigenvalue weighted by atomic mass is 16.5. The minimum atomic E-state index is 0.0714. The summed E-state index contributed by atoms with van der Waals surface area (Å²) in [6, 6.07) is 6.08. The third kappa shape index (κ3) is 2.60. The lowest BCUT2D eigenvalue weighted by molar-refractivity contribution is 0.360. The maximum absolute atomic E-state index is 5.78. The van der Waals surface area contributed by atoms with Gasteiger partial charge in [-0.05, 0) is 31.0 Å². The van der Waals surface area contributed by atoms with Gasteiger partial charge < -0.3 is 10.5 Å². The number of rotatable bonds is 4. The highest BCUT2D eigenvalue weighted by molar-refractivity contribution is 5.37. The van der Waals surface area contributed by atoms with Gasteiger partial charge in [-0.1, -0.05) is 24.8 Å². The van der Waals surface area contributed by atoms with E-state index in [2.05, 4.69) is 12.6 Å². The second kappa shape index (κ2) is 4.82. The van der Waals surface area contributed by atoms with E-state index < -0.39 is 0 Å². The Kier molecular flexibility index (Phi) is 3.72. The lowest BCUT2D eigenvalue weighted by Gasteiger charge is -2.11. The zero-order chi connectivity index (χ0) is 10.6. The summed E-state index contributed by atoms with van der Waals surface area (Å²) in [5, 5.41) is 0. The first-order valence-corrected chi connectivity index (χ1v) is 4.75. The van der Waals surface area contributed by atoms with Crippen LogP contribution in [0.3, 0.4) is 0 Å². The first-order chi connectivity index (χ1) is 6.65. The number of hydrogen-bond acceptors (Lipinski definition) is 2. The molecule has 0 heterocycles. The van der Waals surface area contributed by atoms with E-state index in [-0.39, 0.29) is 6.04 Å². The van der Waals surface area contributed by atoms with Gasteiger partial charge in [-0.3, -0.25) is 0 Å². The summed E-state index contributed by atoms with van der Waals surface area (Å²) >= 11 is 0. The number of ether oxygens (including phenoxy) is 1. The first-order valence-electron chi connectivity index (χ1n) is 4.75. The van der Waals surface area contributed by atoms with Crippen molar-refractivity contribution in [2.75, 3.05) is 6.61 Å². The molecular formula is C12H17NO. The van der Waals surface area contributed by atoms with Gasteiger partial charge in [0.05, 0.1) is 0 Å². The van der Waals surface area contributed by atoms with Gasteiger partial charge in [0, 0.05) is 6.04 Å². The van der Waals surface area contributed by atoms with E-state index in [0.29, 0.717) is 6.61 Å². The number of benzene rings is 1. The molecule has 0 spiro atoms. The van der Waals surface area contributed by atoms with Crippen LogP contribution in [0.4, 0.5) is 0 Å². The van der Waals surface area contributed by atoms with E-state index in [1.54, 1.807) is 6.08 Å². The summed E-state index contributed by atoms with van der Waals surface area (Å²) in [7, 11) is 0. The third-order valence-electron chi connectivity index (χ3n) is 2.08. The monoisotopic (exact) mass is 191 g/mol. The van der Waals surface area contributed by atoms with Gasteiger partial charge in [-0.2, -0.15) is 0 Å². The molecule has 0 bridgehead atoms. The lowest BCUT2D eigenvalue weighted by atomic mass is 10.1. The zero-order valence-electron chi connectivity index (χ0n) is 8.79. The largest absolute Gasteiger partial charge is 0.489 e. The second-order valence-electron chi connectivity index (χ2n) is 3.41. The summed E-state index contributed by atoms with van der Waals surface area (Å²) in [6.07, 6.45) is 1.74. The average molecular weight is 191 g/mol. The van der Waals surface area contributed by atoms with Gasteiger partial charge >= 0.3 is 0 Å². The molecule has 0 amide bonds. The van der Waals surface area contributed by atoms with Gasteiger partial charge in [0.1, 0.15) is 12.4 Å².